The minimum atomic E-state index is -0.981. The predicted molar refractivity (Wildman–Crippen MR) is 180 cm³/mol. The van der Waals surface area contributed by atoms with Gasteiger partial charge < -0.3 is 14.6 Å². The van der Waals surface area contributed by atoms with E-state index in [-0.39, 0.29) is 16.5 Å². The van der Waals surface area contributed by atoms with E-state index in [0.717, 1.165) is 11.1 Å². The van der Waals surface area contributed by atoms with Crippen LogP contribution < -0.4 is 14.4 Å². The first-order chi connectivity index (χ1) is 22.4. The van der Waals surface area contributed by atoms with Crippen LogP contribution in [0, 0.1) is 6.92 Å². The third-order valence-electron chi connectivity index (χ3n) is 7.40. The molecule has 1 aliphatic rings. The Morgan fingerprint density at radius 1 is 0.870 bits per heavy atom. The maximum atomic E-state index is 13.7. The lowest BCUT2D eigenvalue weighted by Gasteiger charge is -2.23. The quantitative estimate of drug-likeness (QED) is 0.0510. The highest BCUT2D eigenvalue weighted by Crippen LogP contribution is 2.45. The first-order valence-corrected chi connectivity index (χ1v) is 16.5. The van der Waals surface area contributed by atoms with E-state index in [1.165, 1.54) is 33.6 Å². The molecule has 10 heteroatoms. The molecule has 1 atom stereocenters. The van der Waals surface area contributed by atoms with Crippen LogP contribution in [0.15, 0.2) is 113 Å². The molecule has 1 saturated heterocycles. The molecule has 5 aromatic rings. The van der Waals surface area contributed by atoms with Crippen molar-refractivity contribution >= 4 is 45.7 Å². The number of aromatic nitrogens is 2. The minimum absolute atomic E-state index is 0.0411. The van der Waals surface area contributed by atoms with Crippen LogP contribution in [-0.4, -0.2) is 33.6 Å². The molecule has 1 N–H and O–H groups in total. The average molecular weight is 650 g/mol. The van der Waals surface area contributed by atoms with E-state index in [1.54, 1.807) is 42.5 Å². The van der Waals surface area contributed by atoms with Gasteiger partial charge in [-0.1, -0.05) is 120 Å². The molecular formula is C36H31N3O5S2. The number of amides is 1. The number of rotatable bonds is 11. The number of anilines is 1. The van der Waals surface area contributed by atoms with Crippen LogP contribution in [0.4, 0.5) is 5.13 Å². The van der Waals surface area contributed by atoms with E-state index in [1.807, 2.05) is 50.2 Å². The summed E-state index contributed by atoms with van der Waals surface area (Å²) in [6.07, 6.45) is 0. The van der Waals surface area contributed by atoms with Crippen LogP contribution >= 0.6 is 23.1 Å². The van der Waals surface area contributed by atoms with Gasteiger partial charge in [0.05, 0.1) is 18.2 Å². The van der Waals surface area contributed by atoms with Crippen LogP contribution in [-0.2, 0) is 21.9 Å². The minimum Gasteiger partial charge on any atom is -0.507 e. The van der Waals surface area contributed by atoms with Crippen molar-refractivity contribution in [1.82, 2.24) is 10.2 Å². The van der Waals surface area contributed by atoms with E-state index < -0.39 is 17.7 Å². The summed E-state index contributed by atoms with van der Waals surface area (Å²) in [7, 11) is 0. The molecule has 0 saturated carbocycles. The number of thioether (sulfide) groups is 1. The van der Waals surface area contributed by atoms with Crippen LogP contribution in [0.5, 0.6) is 11.5 Å². The van der Waals surface area contributed by atoms with Crippen LogP contribution in [0.2, 0.25) is 0 Å². The summed E-state index contributed by atoms with van der Waals surface area (Å²) in [5.74, 6) is -0.234. The topological polar surface area (TPSA) is 102 Å². The average Bonchev–Trinajstić information content (AvgIpc) is 3.66. The molecule has 0 bridgehead atoms. The summed E-state index contributed by atoms with van der Waals surface area (Å²) in [6, 6.07) is 31.0. The molecule has 0 spiro atoms. The van der Waals surface area contributed by atoms with Gasteiger partial charge in [0.1, 0.15) is 12.4 Å². The van der Waals surface area contributed by atoms with E-state index in [2.05, 4.69) is 34.5 Å². The highest BCUT2D eigenvalue weighted by molar-refractivity contribution is 8.00. The van der Waals surface area contributed by atoms with Gasteiger partial charge in [0, 0.05) is 11.3 Å². The molecule has 46 heavy (non-hydrogen) atoms. The molecule has 8 nitrogen and oxygen atoms in total. The third-order valence-corrected chi connectivity index (χ3v) is 9.52. The van der Waals surface area contributed by atoms with Gasteiger partial charge in [0.25, 0.3) is 5.78 Å². The first kappa shape index (κ1) is 31.1. The second-order valence-corrected chi connectivity index (χ2v) is 12.8. The van der Waals surface area contributed by atoms with E-state index in [0.29, 0.717) is 45.9 Å². The fourth-order valence-electron chi connectivity index (χ4n) is 5.10. The molecule has 1 aromatic heterocycles. The number of nitrogens with zero attached hydrogens (tertiary/aromatic N) is 3. The van der Waals surface area contributed by atoms with Gasteiger partial charge in [-0.15, -0.1) is 10.2 Å². The summed E-state index contributed by atoms with van der Waals surface area (Å²) < 4.78 is 12.7. The Balaban J connectivity index is 1.38. The second kappa shape index (κ2) is 14.0. The van der Waals surface area contributed by atoms with Crippen molar-refractivity contribution in [3.63, 3.8) is 0 Å². The maximum absolute atomic E-state index is 13.7. The lowest BCUT2D eigenvalue weighted by Crippen LogP contribution is -2.29. The zero-order valence-corrected chi connectivity index (χ0v) is 26.9. The smallest absolute Gasteiger partial charge is 0.301 e. The molecule has 1 aliphatic heterocycles. The number of Topliss-reactive ketones (excluding diaryl/α,β-unsaturated/α-hetero) is 1. The number of aliphatic hydroxyl groups is 1. The Bertz CT molecular complexity index is 1880. The monoisotopic (exact) mass is 649 g/mol. The van der Waals surface area contributed by atoms with Gasteiger partial charge in [-0.3, -0.25) is 14.5 Å². The number of ketones is 1. The molecule has 232 valence electrons. The van der Waals surface area contributed by atoms with Crippen molar-refractivity contribution in [2.75, 3.05) is 11.5 Å². The number of carbonyl (C=O) groups excluding carboxylic acids is 2. The molecular weight excluding hydrogens is 619 g/mol. The summed E-state index contributed by atoms with van der Waals surface area (Å²) in [5.41, 5.74) is 4.24. The fraction of sp³-hybridized carbons (Fsp3) is 0.167. The lowest BCUT2D eigenvalue weighted by molar-refractivity contribution is -0.132. The molecule has 1 fully saturated rings. The summed E-state index contributed by atoms with van der Waals surface area (Å²) in [4.78, 5) is 28.7. The van der Waals surface area contributed by atoms with E-state index in [9.17, 15) is 14.7 Å². The predicted octanol–water partition coefficient (Wildman–Crippen LogP) is 7.74. The summed E-state index contributed by atoms with van der Waals surface area (Å²) in [6.45, 7) is 4.61. The Morgan fingerprint density at radius 3 is 2.30 bits per heavy atom. The normalized spacial score (nSPS) is 15.7. The number of carbonyl (C=O) groups is 2. The van der Waals surface area contributed by atoms with Gasteiger partial charge in [0.15, 0.2) is 15.8 Å². The summed E-state index contributed by atoms with van der Waals surface area (Å²) in [5, 5.41) is 20.4. The number of ether oxygens (including phenoxy) is 2. The molecule has 0 radical (unpaired) electrons. The fourth-order valence-corrected chi connectivity index (χ4v) is 6.93. The van der Waals surface area contributed by atoms with Gasteiger partial charge in [0.2, 0.25) is 5.13 Å². The zero-order chi connectivity index (χ0) is 32.0. The molecule has 6 rings (SSSR count). The number of hydrogen-bond donors (Lipinski definition) is 1. The van der Waals surface area contributed by atoms with Gasteiger partial charge >= 0.3 is 5.91 Å². The highest BCUT2D eigenvalue weighted by atomic mass is 32.2. The number of aryl methyl sites for hydroxylation is 1. The number of aliphatic hydroxyl groups excluding tert-OH is 1. The van der Waals surface area contributed by atoms with Gasteiger partial charge in [-0.25, -0.2) is 0 Å². The van der Waals surface area contributed by atoms with Crippen molar-refractivity contribution in [3.05, 3.63) is 137 Å². The number of hydrogen-bond acceptors (Lipinski definition) is 9. The van der Waals surface area contributed by atoms with Crippen molar-refractivity contribution in [3.8, 4) is 11.5 Å². The molecule has 1 unspecified atom stereocenters. The van der Waals surface area contributed by atoms with E-state index in [4.69, 9.17) is 9.47 Å². The maximum Gasteiger partial charge on any atom is 0.301 e. The van der Waals surface area contributed by atoms with Gasteiger partial charge in [-0.05, 0) is 42.7 Å². The van der Waals surface area contributed by atoms with Crippen molar-refractivity contribution in [2.45, 2.75) is 36.6 Å². The SMILES string of the molecule is CCOc1cc(C2C(=C(O)c3ccccc3)C(=O)C(=O)N2c2nnc(SCc3ccc(C)cc3)s2)ccc1OCc1ccccc1. The van der Waals surface area contributed by atoms with Crippen LogP contribution in [0.3, 0.4) is 0 Å². The van der Waals surface area contributed by atoms with Crippen LogP contribution in [0.25, 0.3) is 5.76 Å². The molecule has 1 amide bonds. The lowest BCUT2D eigenvalue weighted by atomic mass is 9.95. The third kappa shape index (κ3) is 6.68. The zero-order valence-electron chi connectivity index (χ0n) is 25.3. The van der Waals surface area contributed by atoms with Crippen molar-refractivity contribution in [2.24, 2.45) is 0 Å². The van der Waals surface area contributed by atoms with Crippen LogP contribution in [0.1, 0.15) is 40.8 Å². The Morgan fingerprint density at radius 2 is 1.59 bits per heavy atom. The molecule has 0 aliphatic carbocycles. The Hall–Kier alpha value is -4.93. The van der Waals surface area contributed by atoms with Crippen molar-refractivity contribution in [1.29, 1.82) is 0 Å². The van der Waals surface area contributed by atoms with Gasteiger partial charge in [-0.2, -0.15) is 0 Å². The standard InChI is InChI=1S/C36H31N3O5S2/c1-3-43-29-20-27(18-19-28(29)44-21-24-10-6-4-7-11-24)31-30(32(40)26-12-8-5-9-13-26)33(41)34(42)39(31)35-37-38-36(46-35)45-22-25-16-14-23(2)15-17-25/h4-20,31,40H,3,21-22H2,1-2H3. The highest BCUT2D eigenvalue weighted by Gasteiger charge is 2.48. The van der Waals surface area contributed by atoms with E-state index >= 15 is 0 Å². The Labute approximate surface area is 275 Å². The molecule has 2 heterocycles. The number of benzene rings is 4. The first-order valence-electron chi connectivity index (χ1n) is 14.7. The largest absolute Gasteiger partial charge is 0.507 e. The second-order valence-electron chi connectivity index (χ2n) is 10.6. The Kier molecular flexibility index (Phi) is 9.46. The van der Waals surface area contributed by atoms with Crippen molar-refractivity contribution < 1.29 is 24.2 Å². The summed E-state index contributed by atoms with van der Waals surface area (Å²) >= 11 is 2.72. The molecule has 4 aromatic carbocycles.